The lowest BCUT2D eigenvalue weighted by Crippen LogP contribution is -2.54. The number of carbonyl (C=O) groups excluding carboxylic acids is 2. The van der Waals surface area contributed by atoms with Crippen LogP contribution < -0.4 is 0 Å². The lowest BCUT2D eigenvalue weighted by Gasteiger charge is -2.52. The number of carbonyl (C=O) groups is 2. The zero-order valence-corrected chi connectivity index (χ0v) is 19.7. The predicted octanol–water partition coefficient (Wildman–Crippen LogP) is 4.13. The summed E-state index contributed by atoms with van der Waals surface area (Å²) in [6.07, 6.45) is 2.41. The molecule has 1 aliphatic heterocycles. The first-order chi connectivity index (χ1) is 13.3. The van der Waals surface area contributed by atoms with Gasteiger partial charge in [-0.15, -0.1) is 0 Å². The second-order valence-corrected chi connectivity index (χ2v) is 15.9. The standard InChI is InChI=1S/C23H34O5Si/c1-12-8-16(24)15-11-18(28-29(6,7)22(2,3)4)13-9-17-14(10-19(25)27-17)20(13)23(15,5)21(12)26/h8,14-17,20,24H,9-11H2,1-7H3/t14-,15+,16-,17-,20-,23-/m0/s1. The maximum absolute atomic E-state index is 13.4. The van der Waals surface area contributed by atoms with Crippen LogP contribution in [0.3, 0.4) is 0 Å². The van der Waals surface area contributed by atoms with Crippen molar-refractivity contribution in [3.8, 4) is 0 Å². The van der Waals surface area contributed by atoms with Gasteiger partial charge in [0.25, 0.3) is 0 Å². The van der Waals surface area contributed by atoms with Crippen molar-refractivity contribution in [2.45, 2.75) is 84.2 Å². The summed E-state index contributed by atoms with van der Waals surface area (Å²) in [4.78, 5) is 25.5. The number of hydrogen-bond donors (Lipinski definition) is 1. The summed E-state index contributed by atoms with van der Waals surface area (Å²) in [6.45, 7) is 14.9. The van der Waals surface area contributed by atoms with Gasteiger partial charge in [0.1, 0.15) is 6.10 Å². The number of aliphatic hydroxyl groups is 1. The van der Waals surface area contributed by atoms with Gasteiger partial charge in [0.15, 0.2) is 5.78 Å². The van der Waals surface area contributed by atoms with Gasteiger partial charge in [0.05, 0.1) is 18.3 Å². The number of Topliss-reactive ketones (excluding diaryl/α,β-unsaturated/α-hetero) is 1. The third-order valence-electron chi connectivity index (χ3n) is 8.43. The Hall–Kier alpha value is -1.40. The molecule has 0 unspecified atom stereocenters. The van der Waals surface area contributed by atoms with Crippen LogP contribution in [0.2, 0.25) is 18.1 Å². The third-order valence-corrected chi connectivity index (χ3v) is 12.8. The molecule has 6 heteroatoms. The van der Waals surface area contributed by atoms with Gasteiger partial charge in [-0.1, -0.05) is 27.7 Å². The second kappa shape index (κ2) is 6.30. The Morgan fingerprint density at radius 3 is 2.48 bits per heavy atom. The van der Waals surface area contributed by atoms with Crippen molar-refractivity contribution in [2.75, 3.05) is 0 Å². The van der Waals surface area contributed by atoms with Crippen molar-refractivity contribution in [3.05, 3.63) is 23.0 Å². The maximum atomic E-state index is 13.4. The highest BCUT2D eigenvalue weighted by atomic mass is 28.4. The highest BCUT2D eigenvalue weighted by Gasteiger charge is 2.64. The van der Waals surface area contributed by atoms with Crippen molar-refractivity contribution in [1.29, 1.82) is 0 Å². The molecular weight excluding hydrogens is 384 g/mol. The molecule has 1 N–H and O–H groups in total. The summed E-state index contributed by atoms with van der Waals surface area (Å²) in [5.41, 5.74) is 1.06. The first-order valence-electron chi connectivity index (χ1n) is 10.8. The van der Waals surface area contributed by atoms with Crippen LogP contribution in [0.5, 0.6) is 0 Å². The molecule has 0 amide bonds. The van der Waals surface area contributed by atoms with Gasteiger partial charge in [-0.3, -0.25) is 9.59 Å². The number of fused-ring (bicyclic) bond motifs is 5. The summed E-state index contributed by atoms with van der Waals surface area (Å²) in [5, 5.41) is 11.0. The Kier molecular flexibility index (Phi) is 4.53. The fraction of sp³-hybridized carbons (Fsp3) is 0.739. The molecule has 1 saturated carbocycles. The number of aliphatic hydroxyl groups excluding tert-OH is 1. The molecule has 4 aliphatic rings. The minimum absolute atomic E-state index is 0.00892. The van der Waals surface area contributed by atoms with Crippen molar-refractivity contribution in [2.24, 2.45) is 23.2 Å². The molecule has 0 spiro atoms. The number of hydrogen-bond acceptors (Lipinski definition) is 5. The van der Waals surface area contributed by atoms with E-state index >= 15 is 0 Å². The van der Waals surface area contributed by atoms with Gasteiger partial charge in [0.2, 0.25) is 8.32 Å². The Bertz CT molecular complexity index is 833. The van der Waals surface area contributed by atoms with E-state index in [-0.39, 0.29) is 40.6 Å². The maximum Gasteiger partial charge on any atom is 0.306 e. The van der Waals surface area contributed by atoms with Crippen LogP contribution in [-0.4, -0.2) is 37.4 Å². The molecule has 0 aromatic rings. The Balaban J connectivity index is 1.84. The highest BCUT2D eigenvalue weighted by Crippen LogP contribution is 2.62. The van der Waals surface area contributed by atoms with E-state index in [2.05, 4.69) is 33.9 Å². The minimum Gasteiger partial charge on any atom is -0.547 e. The van der Waals surface area contributed by atoms with Crippen LogP contribution in [0, 0.1) is 23.2 Å². The topological polar surface area (TPSA) is 72.8 Å². The van der Waals surface area contributed by atoms with Crippen molar-refractivity contribution < 1.29 is 23.9 Å². The first kappa shape index (κ1) is 20.9. The molecule has 3 aliphatic carbocycles. The van der Waals surface area contributed by atoms with Crippen LogP contribution in [0.4, 0.5) is 0 Å². The molecule has 6 atom stereocenters. The summed E-state index contributed by atoms with van der Waals surface area (Å²) in [6, 6.07) is 0. The van der Waals surface area contributed by atoms with Gasteiger partial charge in [0, 0.05) is 36.0 Å². The van der Waals surface area contributed by atoms with Gasteiger partial charge in [-0.05, 0) is 42.3 Å². The van der Waals surface area contributed by atoms with Crippen molar-refractivity contribution >= 4 is 20.1 Å². The summed E-state index contributed by atoms with van der Waals surface area (Å²) < 4.78 is 12.4. The molecule has 1 heterocycles. The number of rotatable bonds is 2. The van der Waals surface area contributed by atoms with Crippen LogP contribution in [0.25, 0.3) is 0 Å². The van der Waals surface area contributed by atoms with Gasteiger partial charge in [-0.25, -0.2) is 0 Å². The molecule has 2 fully saturated rings. The zero-order valence-electron chi connectivity index (χ0n) is 18.7. The lowest BCUT2D eigenvalue weighted by molar-refractivity contribution is -0.141. The average molecular weight is 419 g/mol. The molecular formula is C23H34O5Si. The Morgan fingerprint density at radius 2 is 1.86 bits per heavy atom. The zero-order chi connectivity index (χ0) is 21.5. The molecule has 0 aromatic heterocycles. The van der Waals surface area contributed by atoms with E-state index in [1.165, 1.54) is 0 Å². The fourth-order valence-electron chi connectivity index (χ4n) is 5.85. The van der Waals surface area contributed by atoms with E-state index in [0.717, 1.165) is 11.3 Å². The van der Waals surface area contributed by atoms with Crippen LogP contribution >= 0.6 is 0 Å². The van der Waals surface area contributed by atoms with Crippen LogP contribution in [0.15, 0.2) is 23.0 Å². The Morgan fingerprint density at radius 1 is 1.21 bits per heavy atom. The van der Waals surface area contributed by atoms with Crippen molar-refractivity contribution in [1.82, 2.24) is 0 Å². The monoisotopic (exact) mass is 418 g/mol. The molecule has 160 valence electrons. The lowest BCUT2D eigenvalue weighted by atomic mass is 9.53. The molecule has 4 rings (SSSR count). The first-order valence-corrected chi connectivity index (χ1v) is 13.7. The van der Waals surface area contributed by atoms with E-state index < -0.39 is 19.8 Å². The summed E-state index contributed by atoms with van der Waals surface area (Å²) in [7, 11) is -2.08. The number of ether oxygens (including phenoxy) is 1. The number of allylic oxidation sites excluding steroid dienone is 2. The van der Waals surface area contributed by atoms with Gasteiger partial charge >= 0.3 is 5.97 Å². The SMILES string of the molecule is CC1=C[C@H](O)[C@H]2CC(O[Si](C)(C)C(C)(C)C)=C3C[C@@H]4OC(=O)C[C@@H]4[C@H]3[C@@]2(C)C1=O. The summed E-state index contributed by atoms with van der Waals surface area (Å²) in [5.74, 6) is 0.527. The fourth-order valence-corrected chi connectivity index (χ4v) is 6.99. The quantitative estimate of drug-likeness (QED) is 0.539. The van der Waals surface area contributed by atoms with Crippen molar-refractivity contribution in [3.63, 3.8) is 0 Å². The van der Waals surface area contributed by atoms with E-state index in [0.29, 0.717) is 24.8 Å². The predicted molar refractivity (Wildman–Crippen MR) is 112 cm³/mol. The van der Waals surface area contributed by atoms with E-state index in [1.54, 1.807) is 13.0 Å². The second-order valence-electron chi connectivity index (χ2n) is 11.2. The van der Waals surface area contributed by atoms with Crippen LogP contribution in [-0.2, 0) is 18.8 Å². The van der Waals surface area contributed by atoms with Gasteiger partial charge < -0.3 is 14.3 Å². The molecule has 29 heavy (non-hydrogen) atoms. The van der Waals surface area contributed by atoms with E-state index in [4.69, 9.17) is 9.16 Å². The van der Waals surface area contributed by atoms with E-state index in [9.17, 15) is 14.7 Å². The molecule has 1 saturated heterocycles. The number of ketones is 1. The molecule has 0 aromatic carbocycles. The minimum atomic E-state index is -2.08. The number of esters is 1. The largest absolute Gasteiger partial charge is 0.547 e. The van der Waals surface area contributed by atoms with Gasteiger partial charge in [-0.2, -0.15) is 0 Å². The molecule has 0 bridgehead atoms. The highest BCUT2D eigenvalue weighted by molar-refractivity contribution is 6.74. The Labute approximate surface area is 174 Å². The third kappa shape index (κ3) is 2.89. The molecule has 0 radical (unpaired) electrons. The summed E-state index contributed by atoms with van der Waals surface area (Å²) >= 11 is 0. The van der Waals surface area contributed by atoms with E-state index in [1.807, 2.05) is 6.92 Å². The molecule has 5 nitrogen and oxygen atoms in total. The normalized spacial score (nSPS) is 39.6. The average Bonchev–Trinajstić information content (AvgIpc) is 3.10. The van der Waals surface area contributed by atoms with Crippen LogP contribution in [0.1, 0.15) is 53.9 Å². The smallest absolute Gasteiger partial charge is 0.306 e.